The zero-order valence-electron chi connectivity index (χ0n) is 22.6. The third kappa shape index (κ3) is 8.68. The number of benzene rings is 4. The molecule has 0 bridgehead atoms. The van der Waals surface area contributed by atoms with Crippen molar-refractivity contribution in [1.29, 1.82) is 0 Å². The van der Waals surface area contributed by atoms with Gasteiger partial charge in [-0.2, -0.15) is 0 Å². The van der Waals surface area contributed by atoms with Gasteiger partial charge in [0.1, 0.15) is 5.70 Å². The Kier molecular flexibility index (Phi) is 10.6. The van der Waals surface area contributed by atoms with Crippen LogP contribution in [0.25, 0.3) is 6.08 Å². The number of nitrogens with one attached hydrogen (secondary N) is 3. The number of nitro groups is 1. The number of carbonyl (C=O) groups excluding carboxylic acids is 3. The number of carbonyl (C=O) groups is 3. The molecular weight excluding hydrogens is 611 g/mol. The second-order valence-corrected chi connectivity index (χ2v) is 10.9. The van der Waals surface area contributed by atoms with E-state index in [0.29, 0.717) is 38.0 Å². The summed E-state index contributed by atoms with van der Waals surface area (Å²) in [5.74, 6) is -1.34. The highest BCUT2D eigenvalue weighted by molar-refractivity contribution is 8.00. The average Bonchev–Trinajstić information content (AvgIpc) is 2.99. The van der Waals surface area contributed by atoms with Crippen LogP contribution >= 0.6 is 35.0 Å². The van der Waals surface area contributed by atoms with Gasteiger partial charge >= 0.3 is 0 Å². The average molecular weight is 636 g/mol. The van der Waals surface area contributed by atoms with Crippen LogP contribution in [0.2, 0.25) is 10.0 Å². The second kappa shape index (κ2) is 14.5. The van der Waals surface area contributed by atoms with E-state index in [4.69, 9.17) is 23.2 Å². The lowest BCUT2D eigenvalue weighted by Gasteiger charge is -2.13. The van der Waals surface area contributed by atoms with E-state index in [0.717, 1.165) is 0 Å². The molecule has 0 unspecified atom stereocenters. The maximum Gasteiger partial charge on any atom is 0.272 e. The van der Waals surface area contributed by atoms with Crippen LogP contribution in [0.5, 0.6) is 0 Å². The largest absolute Gasteiger partial charge is 0.325 e. The molecule has 0 fully saturated rings. The molecule has 0 saturated heterocycles. The first-order valence-corrected chi connectivity index (χ1v) is 14.5. The summed E-state index contributed by atoms with van der Waals surface area (Å²) in [6, 6.07) is 24.5. The number of hydrogen-bond donors (Lipinski definition) is 3. The Labute approximate surface area is 261 Å². The number of anilines is 2. The first-order valence-electron chi connectivity index (χ1n) is 12.7. The lowest BCUT2D eigenvalue weighted by atomic mass is 10.1. The summed E-state index contributed by atoms with van der Waals surface area (Å²) >= 11 is 13.7. The minimum Gasteiger partial charge on any atom is -0.325 e. The molecule has 0 saturated carbocycles. The van der Waals surface area contributed by atoms with E-state index in [9.17, 15) is 24.5 Å². The van der Waals surface area contributed by atoms with Crippen LogP contribution < -0.4 is 16.0 Å². The zero-order chi connectivity index (χ0) is 30.9. The number of hydrogen-bond acceptors (Lipinski definition) is 6. The molecule has 0 atom stereocenters. The third-order valence-electron chi connectivity index (χ3n) is 5.97. The van der Waals surface area contributed by atoms with Gasteiger partial charge in [-0.05, 0) is 66.6 Å². The molecule has 3 N–H and O–H groups in total. The molecule has 0 aliphatic carbocycles. The van der Waals surface area contributed by atoms with E-state index in [1.807, 2.05) is 0 Å². The molecule has 4 aromatic carbocycles. The molecule has 0 aliphatic rings. The molecule has 0 spiro atoms. The highest BCUT2D eigenvalue weighted by atomic mass is 35.5. The summed E-state index contributed by atoms with van der Waals surface area (Å²) in [5.41, 5.74) is 2.16. The molecule has 0 heterocycles. The van der Waals surface area contributed by atoms with Crippen molar-refractivity contribution in [1.82, 2.24) is 5.32 Å². The summed E-state index contributed by atoms with van der Waals surface area (Å²) in [6.45, 7) is 1.67. The van der Waals surface area contributed by atoms with Crippen molar-refractivity contribution < 1.29 is 19.3 Å². The maximum atomic E-state index is 13.4. The van der Waals surface area contributed by atoms with E-state index in [2.05, 4.69) is 16.0 Å². The van der Waals surface area contributed by atoms with Crippen molar-refractivity contribution in [3.63, 3.8) is 0 Å². The molecule has 3 amide bonds. The van der Waals surface area contributed by atoms with Crippen LogP contribution in [0.4, 0.5) is 17.1 Å². The number of rotatable bonds is 10. The normalized spacial score (nSPS) is 11.0. The summed E-state index contributed by atoms with van der Waals surface area (Å²) in [7, 11) is 0. The molecule has 12 heteroatoms. The highest BCUT2D eigenvalue weighted by Crippen LogP contribution is 2.28. The quantitative estimate of drug-likeness (QED) is 0.0723. The van der Waals surface area contributed by atoms with Gasteiger partial charge < -0.3 is 16.0 Å². The van der Waals surface area contributed by atoms with Crippen molar-refractivity contribution in [2.75, 3.05) is 16.4 Å². The fourth-order valence-corrected chi connectivity index (χ4v) is 4.95. The standard InChI is InChI=1S/C31H24Cl2N4O5S/c1-19-15-23(37(41)42)13-14-26(19)35-28(38)18-43-24-11-6-10-22(17-24)34-31(40)27(16-21-9-5-12-25(32)29(21)33)36-30(39)20-7-3-2-4-8-20/h2-17H,18H2,1H3,(H,34,40)(H,35,38)(H,36,39)/b27-16+. The molecule has 9 nitrogen and oxygen atoms in total. The molecule has 218 valence electrons. The third-order valence-corrected chi connectivity index (χ3v) is 7.79. The van der Waals surface area contributed by atoms with Gasteiger partial charge in [0.2, 0.25) is 5.91 Å². The Morgan fingerprint density at radius 3 is 2.37 bits per heavy atom. The minimum absolute atomic E-state index is 0.0549. The van der Waals surface area contributed by atoms with E-state index >= 15 is 0 Å². The number of thioether (sulfide) groups is 1. The predicted molar refractivity (Wildman–Crippen MR) is 171 cm³/mol. The summed E-state index contributed by atoms with van der Waals surface area (Å²) in [6.07, 6.45) is 1.44. The Hall–Kier alpha value is -4.64. The van der Waals surface area contributed by atoms with Crippen molar-refractivity contribution in [3.05, 3.63) is 134 Å². The number of amides is 3. The van der Waals surface area contributed by atoms with Gasteiger partial charge in [0, 0.05) is 34.0 Å². The zero-order valence-corrected chi connectivity index (χ0v) is 24.9. The monoisotopic (exact) mass is 634 g/mol. The van der Waals surface area contributed by atoms with Gasteiger partial charge in [-0.15, -0.1) is 11.8 Å². The topological polar surface area (TPSA) is 130 Å². The van der Waals surface area contributed by atoms with Gasteiger partial charge in [-0.25, -0.2) is 0 Å². The highest BCUT2D eigenvalue weighted by Gasteiger charge is 2.17. The molecular formula is C31H24Cl2N4O5S. The first-order chi connectivity index (χ1) is 20.6. The lowest BCUT2D eigenvalue weighted by Crippen LogP contribution is -2.30. The van der Waals surface area contributed by atoms with Crippen LogP contribution in [-0.2, 0) is 9.59 Å². The predicted octanol–water partition coefficient (Wildman–Crippen LogP) is 7.35. The summed E-state index contributed by atoms with van der Waals surface area (Å²) in [4.78, 5) is 50.0. The first kappa shape index (κ1) is 31.3. The van der Waals surface area contributed by atoms with Crippen LogP contribution in [0, 0.1) is 17.0 Å². The number of nitrogens with zero attached hydrogens (tertiary/aromatic N) is 1. The Morgan fingerprint density at radius 1 is 0.907 bits per heavy atom. The smallest absolute Gasteiger partial charge is 0.272 e. The van der Waals surface area contributed by atoms with E-state index < -0.39 is 16.7 Å². The van der Waals surface area contributed by atoms with Gasteiger partial charge in [-0.1, -0.05) is 59.6 Å². The van der Waals surface area contributed by atoms with Crippen molar-refractivity contribution in [2.24, 2.45) is 0 Å². The van der Waals surface area contributed by atoms with Crippen LogP contribution in [0.3, 0.4) is 0 Å². The van der Waals surface area contributed by atoms with E-state index in [-0.39, 0.29) is 28.1 Å². The minimum atomic E-state index is -0.603. The van der Waals surface area contributed by atoms with Crippen molar-refractivity contribution >= 4 is 75.8 Å². The summed E-state index contributed by atoms with van der Waals surface area (Å²) < 4.78 is 0. The number of halogens is 2. The van der Waals surface area contributed by atoms with Gasteiger partial charge in [0.05, 0.1) is 20.7 Å². The van der Waals surface area contributed by atoms with Crippen molar-refractivity contribution in [2.45, 2.75) is 11.8 Å². The lowest BCUT2D eigenvalue weighted by molar-refractivity contribution is -0.384. The number of aryl methyl sites for hydroxylation is 1. The van der Waals surface area contributed by atoms with Crippen LogP contribution in [-0.4, -0.2) is 28.4 Å². The number of non-ortho nitro benzene ring substituents is 1. The summed E-state index contributed by atoms with van der Waals surface area (Å²) in [5, 5.41) is 19.6. The fourth-order valence-electron chi connectivity index (χ4n) is 3.83. The molecule has 4 rings (SSSR count). The number of nitro benzene ring substituents is 1. The fraction of sp³-hybridized carbons (Fsp3) is 0.0645. The molecule has 0 aliphatic heterocycles. The van der Waals surface area contributed by atoms with E-state index in [1.54, 1.807) is 79.7 Å². The Morgan fingerprint density at radius 2 is 1.65 bits per heavy atom. The Bertz CT molecular complexity index is 1730. The van der Waals surface area contributed by atoms with Gasteiger partial charge in [0.15, 0.2) is 0 Å². The van der Waals surface area contributed by atoms with Gasteiger partial charge in [-0.3, -0.25) is 24.5 Å². The van der Waals surface area contributed by atoms with E-state index in [1.165, 1.54) is 36.0 Å². The van der Waals surface area contributed by atoms with Crippen LogP contribution in [0.1, 0.15) is 21.5 Å². The van der Waals surface area contributed by atoms with Crippen LogP contribution in [0.15, 0.2) is 102 Å². The molecule has 4 aromatic rings. The second-order valence-electron chi connectivity index (χ2n) is 9.10. The Balaban J connectivity index is 1.46. The SMILES string of the molecule is Cc1cc([N+](=O)[O-])ccc1NC(=O)CSc1cccc(NC(=O)/C(=C\c2cccc(Cl)c2Cl)NC(=O)c2ccccc2)c1. The molecule has 0 radical (unpaired) electrons. The molecule has 0 aromatic heterocycles. The molecule has 43 heavy (non-hydrogen) atoms. The van der Waals surface area contributed by atoms with Gasteiger partial charge in [0.25, 0.3) is 17.5 Å². The maximum absolute atomic E-state index is 13.4. The van der Waals surface area contributed by atoms with Crippen molar-refractivity contribution in [3.8, 4) is 0 Å².